The van der Waals surface area contributed by atoms with E-state index in [1.54, 1.807) is 0 Å². The van der Waals surface area contributed by atoms with Crippen molar-refractivity contribution in [2.75, 3.05) is 5.32 Å². The van der Waals surface area contributed by atoms with Gasteiger partial charge in [0.25, 0.3) is 0 Å². The molecule has 0 radical (unpaired) electrons. The van der Waals surface area contributed by atoms with Crippen LogP contribution in [0.1, 0.15) is 17.3 Å². The van der Waals surface area contributed by atoms with Crippen molar-refractivity contribution in [1.29, 1.82) is 0 Å². The highest BCUT2D eigenvalue weighted by Gasteiger charge is 2.44. The van der Waals surface area contributed by atoms with E-state index in [1.165, 1.54) is 37.4 Å². The third-order valence-corrected chi connectivity index (χ3v) is 5.67. The van der Waals surface area contributed by atoms with Crippen molar-refractivity contribution in [2.45, 2.75) is 19.1 Å². The monoisotopic (exact) mass is 516 g/mol. The zero-order valence-electron chi connectivity index (χ0n) is 18.7. The Balaban J connectivity index is 1.81. The molecule has 0 aliphatic heterocycles. The van der Waals surface area contributed by atoms with Gasteiger partial charge in [0.1, 0.15) is 17.4 Å². The second-order valence-electron chi connectivity index (χ2n) is 8.07. The molecule has 188 valence electrons. The summed E-state index contributed by atoms with van der Waals surface area (Å²) in [6.45, 7) is 1.47. The van der Waals surface area contributed by atoms with Gasteiger partial charge in [-0.15, -0.1) is 0 Å². The number of nitrogens with zero attached hydrogens (tertiary/aromatic N) is 5. The molecule has 0 aliphatic carbocycles. The van der Waals surface area contributed by atoms with Crippen LogP contribution in [0.4, 0.5) is 32.2 Å². The third-order valence-electron chi connectivity index (χ3n) is 5.67. The summed E-state index contributed by atoms with van der Waals surface area (Å²) in [4.78, 5) is 15.8. The normalized spacial score (nSPS) is 12.7. The molecule has 0 spiro atoms. The molecule has 5 rings (SSSR count). The first kappa shape index (κ1) is 24.2. The number of fused-ring (bicyclic) bond motifs is 2. The molecule has 5 aromatic rings. The van der Waals surface area contributed by atoms with Gasteiger partial charge in [0.2, 0.25) is 0 Å². The molecule has 1 atom stereocenters. The number of hydrogen-bond acceptors (Lipinski definition) is 6. The van der Waals surface area contributed by atoms with Crippen LogP contribution in [0.5, 0.6) is 0 Å². The van der Waals surface area contributed by atoms with E-state index in [2.05, 4.69) is 25.3 Å². The number of aryl methyl sites for hydroxylation is 1. The van der Waals surface area contributed by atoms with Gasteiger partial charge in [0, 0.05) is 36.2 Å². The zero-order valence-corrected chi connectivity index (χ0v) is 18.7. The summed E-state index contributed by atoms with van der Waals surface area (Å²) in [6.07, 6.45) is -1.72. The van der Waals surface area contributed by atoms with Gasteiger partial charge in [-0.2, -0.15) is 17.9 Å². The predicted molar refractivity (Wildman–Crippen MR) is 121 cm³/mol. The maximum absolute atomic E-state index is 14.6. The predicted octanol–water partition coefficient (Wildman–Crippen LogP) is 5.31. The fraction of sp³-hybridized carbons (Fsp3) is 0.125. The van der Waals surface area contributed by atoms with Crippen molar-refractivity contribution in [3.63, 3.8) is 0 Å². The van der Waals surface area contributed by atoms with E-state index in [0.717, 1.165) is 12.5 Å². The van der Waals surface area contributed by atoms with Crippen molar-refractivity contribution in [1.82, 2.24) is 19.9 Å². The summed E-state index contributed by atoms with van der Waals surface area (Å²) >= 11 is 0. The summed E-state index contributed by atoms with van der Waals surface area (Å²) in [5.41, 5.74) is -1.48. The lowest BCUT2D eigenvalue weighted by molar-refractivity contribution is -0.611. The number of alkyl halides is 3. The number of benzene rings is 1. The first-order chi connectivity index (χ1) is 17.5. The minimum absolute atomic E-state index is 0.0190. The molecule has 1 aromatic carbocycles. The van der Waals surface area contributed by atoms with Crippen LogP contribution in [-0.4, -0.2) is 26.1 Å². The Hall–Kier alpha value is -4.55. The van der Waals surface area contributed by atoms with Crippen LogP contribution in [-0.2, 0) is 0 Å². The van der Waals surface area contributed by atoms with Gasteiger partial charge in [0.15, 0.2) is 41.2 Å². The van der Waals surface area contributed by atoms with Crippen molar-refractivity contribution >= 4 is 27.8 Å². The summed E-state index contributed by atoms with van der Waals surface area (Å²) in [6, 6.07) is 4.00. The quantitative estimate of drug-likeness (QED) is 0.151. The molecular weight excluding hydrogens is 502 g/mol. The van der Waals surface area contributed by atoms with Gasteiger partial charge in [-0.25, -0.2) is 28.1 Å². The highest BCUT2D eigenvalue weighted by Crippen LogP contribution is 2.41. The molecule has 37 heavy (non-hydrogen) atoms. The molecule has 0 fully saturated rings. The second kappa shape index (κ2) is 8.84. The SMILES string of the molecule is Cc1ccc(-c2nc3c(F)cc(F)c(F)c3cc2[C@@H](Nc2ncnc3cccnc23)C(F)(F)F)c[n+]1[O-]. The van der Waals surface area contributed by atoms with E-state index in [9.17, 15) is 31.5 Å². The average Bonchev–Trinajstić information content (AvgIpc) is 2.86. The van der Waals surface area contributed by atoms with Gasteiger partial charge in [-0.05, 0) is 24.3 Å². The second-order valence-corrected chi connectivity index (χ2v) is 8.07. The lowest BCUT2D eigenvalue weighted by atomic mass is 9.97. The average molecular weight is 516 g/mol. The molecule has 4 heterocycles. The van der Waals surface area contributed by atoms with Gasteiger partial charge < -0.3 is 10.5 Å². The maximum Gasteiger partial charge on any atom is 0.412 e. The third kappa shape index (κ3) is 4.32. The van der Waals surface area contributed by atoms with Gasteiger partial charge in [-0.1, -0.05) is 0 Å². The molecule has 7 nitrogen and oxygen atoms in total. The van der Waals surface area contributed by atoms with Crippen molar-refractivity contribution in [2.24, 2.45) is 0 Å². The number of anilines is 1. The number of hydrogen-bond donors (Lipinski definition) is 1. The Bertz CT molecular complexity index is 1670. The minimum atomic E-state index is -5.04. The molecule has 0 bridgehead atoms. The number of rotatable bonds is 4. The van der Waals surface area contributed by atoms with Gasteiger partial charge >= 0.3 is 6.18 Å². The first-order valence-corrected chi connectivity index (χ1v) is 10.6. The van der Waals surface area contributed by atoms with Crippen LogP contribution < -0.4 is 10.0 Å². The van der Waals surface area contributed by atoms with E-state index in [0.29, 0.717) is 10.8 Å². The molecule has 13 heteroatoms. The fourth-order valence-electron chi connectivity index (χ4n) is 3.87. The first-order valence-electron chi connectivity index (χ1n) is 10.6. The Kier molecular flexibility index (Phi) is 5.77. The smallest absolute Gasteiger partial charge is 0.412 e. The summed E-state index contributed by atoms with van der Waals surface area (Å²) < 4.78 is 87.1. The zero-order chi connectivity index (χ0) is 26.5. The van der Waals surface area contributed by atoms with E-state index in [1.807, 2.05) is 0 Å². The largest absolute Gasteiger partial charge is 0.618 e. The molecular formula is C24H14F6N6O. The van der Waals surface area contributed by atoms with Crippen LogP contribution in [0, 0.1) is 29.6 Å². The van der Waals surface area contributed by atoms with Crippen LogP contribution in [0.2, 0.25) is 0 Å². The summed E-state index contributed by atoms with van der Waals surface area (Å²) in [5.74, 6) is -4.76. The lowest BCUT2D eigenvalue weighted by Crippen LogP contribution is -2.31. The molecule has 0 unspecified atom stereocenters. The van der Waals surface area contributed by atoms with Crippen molar-refractivity contribution < 1.29 is 31.1 Å². The minimum Gasteiger partial charge on any atom is -0.618 e. The Morgan fingerprint density at radius 2 is 1.76 bits per heavy atom. The van der Waals surface area contributed by atoms with E-state index in [4.69, 9.17) is 0 Å². The van der Waals surface area contributed by atoms with E-state index >= 15 is 0 Å². The molecule has 1 N–H and O–H groups in total. The van der Waals surface area contributed by atoms with Gasteiger partial charge in [0.05, 0.1) is 16.8 Å². The van der Waals surface area contributed by atoms with Crippen molar-refractivity contribution in [3.8, 4) is 11.3 Å². The summed E-state index contributed by atoms with van der Waals surface area (Å²) in [5, 5.41) is 13.6. The number of nitrogens with one attached hydrogen (secondary N) is 1. The highest BCUT2D eigenvalue weighted by atomic mass is 19.4. The topological polar surface area (TPSA) is 90.5 Å². The maximum atomic E-state index is 14.6. The van der Waals surface area contributed by atoms with Crippen molar-refractivity contribution in [3.05, 3.63) is 89.0 Å². The summed E-state index contributed by atoms with van der Waals surface area (Å²) in [7, 11) is 0. The van der Waals surface area contributed by atoms with Crippen LogP contribution in [0.3, 0.4) is 0 Å². The molecule has 0 amide bonds. The van der Waals surface area contributed by atoms with Crippen LogP contribution in [0.25, 0.3) is 33.2 Å². The van der Waals surface area contributed by atoms with Crippen LogP contribution >= 0.6 is 0 Å². The number of aromatic nitrogens is 5. The van der Waals surface area contributed by atoms with E-state index < -0.39 is 51.8 Å². The highest BCUT2D eigenvalue weighted by molar-refractivity contribution is 5.87. The molecule has 0 saturated heterocycles. The van der Waals surface area contributed by atoms with E-state index in [-0.39, 0.29) is 34.2 Å². The molecule has 0 saturated carbocycles. The molecule has 4 aromatic heterocycles. The lowest BCUT2D eigenvalue weighted by Gasteiger charge is -2.25. The Labute approximate surface area is 204 Å². The van der Waals surface area contributed by atoms with Gasteiger partial charge in [-0.3, -0.25) is 4.98 Å². The molecule has 0 aliphatic rings. The fourth-order valence-corrected chi connectivity index (χ4v) is 3.87. The Morgan fingerprint density at radius 3 is 2.49 bits per heavy atom. The standard InChI is InChI=1S/C24H14F6N6O/c1-11-4-5-12(9-36(11)37)19-14(7-13-18(27)15(25)8-16(26)20(13)34-19)22(24(28,29)30)35-23-21-17(32-10-33-23)3-2-6-31-21/h2-10,22H,1H3,(H,32,33,35)/t22-/m1/s1. The number of halogens is 6. The Morgan fingerprint density at radius 1 is 0.973 bits per heavy atom. The van der Waals surface area contributed by atoms with Crippen LogP contribution in [0.15, 0.2) is 55.1 Å². The number of pyridine rings is 3.